The number of benzene rings is 1. The molecule has 4 nitrogen and oxygen atoms in total. The van der Waals surface area contributed by atoms with Gasteiger partial charge in [0, 0.05) is 23.4 Å². The molecule has 1 heterocycles. The van der Waals surface area contributed by atoms with Gasteiger partial charge in [0.15, 0.2) is 5.82 Å². The van der Waals surface area contributed by atoms with Crippen LogP contribution in [0, 0.1) is 13.8 Å². The van der Waals surface area contributed by atoms with Crippen molar-refractivity contribution in [2.24, 2.45) is 0 Å². The van der Waals surface area contributed by atoms with Crippen molar-refractivity contribution in [3.63, 3.8) is 0 Å². The Morgan fingerprint density at radius 3 is 2.21 bits per heavy atom. The minimum atomic E-state index is -0.800. The van der Waals surface area contributed by atoms with Gasteiger partial charge < -0.3 is 5.11 Å². The van der Waals surface area contributed by atoms with E-state index in [1.807, 2.05) is 44.2 Å². The summed E-state index contributed by atoms with van der Waals surface area (Å²) in [6.07, 6.45) is 0.581. The molecule has 2 aromatic rings. The van der Waals surface area contributed by atoms with Crippen LogP contribution in [-0.4, -0.2) is 21.0 Å². The van der Waals surface area contributed by atoms with Crippen molar-refractivity contribution in [2.45, 2.75) is 26.7 Å². The Labute approximate surface area is 112 Å². The van der Waals surface area contributed by atoms with Crippen molar-refractivity contribution in [3.8, 4) is 11.4 Å². The van der Waals surface area contributed by atoms with Crippen LogP contribution >= 0.6 is 0 Å². The fraction of sp³-hybridized carbons (Fsp3) is 0.267. The smallest absolute Gasteiger partial charge is 0.303 e. The molecule has 0 saturated carbocycles. The predicted molar refractivity (Wildman–Crippen MR) is 72.9 cm³/mol. The third-order valence-corrected chi connectivity index (χ3v) is 3.04. The molecule has 0 bridgehead atoms. The van der Waals surface area contributed by atoms with E-state index in [-0.39, 0.29) is 6.42 Å². The minimum Gasteiger partial charge on any atom is -0.481 e. The highest BCUT2D eigenvalue weighted by Gasteiger charge is 2.11. The summed E-state index contributed by atoms with van der Waals surface area (Å²) in [5, 5.41) is 8.75. The highest BCUT2D eigenvalue weighted by molar-refractivity contribution is 5.67. The molecule has 0 saturated heterocycles. The van der Waals surface area contributed by atoms with E-state index in [2.05, 4.69) is 9.97 Å². The summed E-state index contributed by atoms with van der Waals surface area (Å²) in [6, 6.07) is 9.77. The molecule has 1 N–H and O–H groups in total. The molecule has 0 fully saturated rings. The number of hydrogen-bond acceptors (Lipinski definition) is 3. The molecular weight excluding hydrogens is 240 g/mol. The second kappa shape index (κ2) is 5.61. The molecule has 0 aliphatic carbocycles. The summed E-state index contributed by atoms with van der Waals surface area (Å²) in [5.74, 6) is -0.111. The van der Waals surface area contributed by atoms with Crippen LogP contribution in [0.5, 0.6) is 0 Å². The van der Waals surface area contributed by atoms with Gasteiger partial charge in [-0.1, -0.05) is 30.3 Å². The topological polar surface area (TPSA) is 63.1 Å². The van der Waals surface area contributed by atoms with Crippen molar-refractivity contribution in [3.05, 3.63) is 47.3 Å². The van der Waals surface area contributed by atoms with E-state index in [4.69, 9.17) is 5.11 Å². The van der Waals surface area contributed by atoms with Gasteiger partial charge in [0.1, 0.15) is 0 Å². The molecule has 4 heteroatoms. The van der Waals surface area contributed by atoms with E-state index in [1.54, 1.807) is 0 Å². The van der Waals surface area contributed by atoms with Gasteiger partial charge in [-0.25, -0.2) is 9.97 Å². The van der Waals surface area contributed by atoms with Gasteiger partial charge >= 0.3 is 5.97 Å². The SMILES string of the molecule is Cc1nc(-c2ccccc2)nc(C)c1CCC(=O)O. The average molecular weight is 256 g/mol. The van der Waals surface area contributed by atoms with Crippen LogP contribution in [0.2, 0.25) is 0 Å². The lowest BCUT2D eigenvalue weighted by Gasteiger charge is -2.10. The molecule has 0 aliphatic heterocycles. The maximum Gasteiger partial charge on any atom is 0.303 e. The number of aliphatic carboxylic acids is 1. The largest absolute Gasteiger partial charge is 0.481 e. The van der Waals surface area contributed by atoms with Gasteiger partial charge in [-0.05, 0) is 25.8 Å². The summed E-state index contributed by atoms with van der Waals surface area (Å²) in [6.45, 7) is 3.80. The fourth-order valence-corrected chi connectivity index (χ4v) is 2.05. The number of nitrogens with zero attached hydrogens (tertiary/aromatic N) is 2. The molecule has 0 unspecified atom stereocenters. The first-order chi connectivity index (χ1) is 9.08. The van der Waals surface area contributed by atoms with Crippen LogP contribution in [0.4, 0.5) is 0 Å². The number of carboxylic acid groups (broad SMARTS) is 1. The molecule has 0 aliphatic rings. The standard InChI is InChI=1S/C15H16N2O2/c1-10-13(8-9-14(18)19)11(2)17-15(16-10)12-6-4-3-5-7-12/h3-7H,8-9H2,1-2H3,(H,18,19). The molecule has 98 valence electrons. The Hall–Kier alpha value is -2.23. The summed E-state index contributed by atoms with van der Waals surface area (Å²) in [4.78, 5) is 19.6. The van der Waals surface area contributed by atoms with E-state index < -0.39 is 5.97 Å². The first-order valence-corrected chi connectivity index (χ1v) is 6.19. The fourth-order valence-electron chi connectivity index (χ4n) is 2.05. The lowest BCUT2D eigenvalue weighted by Crippen LogP contribution is -2.05. The first kappa shape index (κ1) is 13.2. The van der Waals surface area contributed by atoms with Crippen molar-refractivity contribution < 1.29 is 9.90 Å². The Morgan fingerprint density at radius 1 is 1.11 bits per heavy atom. The monoisotopic (exact) mass is 256 g/mol. The van der Waals surface area contributed by atoms with Crippen molar-refractivity contribution in [1.82, 2.24) is 9.97 Å². The van der Waals surface area contributed by atoms with Gasteiger partial charge in [0.05, 0.1) is 0 Å². The zero-order valence-electron chi connectivity index (χ0n) is 11.1. The second-order valence-electron chi connectivity index (χ2n) is 4.46. The molecule has 0 amide bonds. The number of carboxylic acids is 1. The van der Waals surface area contributed by atoms with Gasteiger partial charge in [0.25, 0.3) is 0 Å². The molecule has 1 aromatic carbocycles. The van der Waals surface area contributed by atoms with Gasteiger partial charge in [-0.2, -0.15) is 0 Å². The quantitative estimate of drug-likeness (QED) is 0.913. The van der Waals surface area contributed by atoms with Crippen molar-refractivity contribution in [1.29, 1.82) is 0 Å². The third-order valence-electron chi connectivity index (χ3n) is 3.04. The molecule has 0 radical (unpaired) electrons. The zero-order valence-corrected chi connectivity index (χ0v) is 11.1. The predicted octanol–water partition coefficient (Wildman–Crippen LogP) is 2.78. The van der Waals surface area contributed by atoms with Crippen LogP contribution in [0.3, 0.4) is 0 Å². The molecule has 2 rings (SSSR count). The third kappa shape index (κ3) is 3.16. The molecular formula is C15H16N2O2. The Morgan fingerprint density at radius 2 is 1.68 bits per heavy atom. The molecule has 0 atom stereocenters. The first-order valence-electron chi connectivity index (χ1n) is 6.19. The minimum absolute atomic E-state index is 0.107. The molecule has 19 heavy (non-hydrogen) atoms. The highest BCUT2D eigenvalue weighted by atomic mass is 16.4. The van der Waals surface area contributed by atoms with Crippen LogP contribution in [0.15, 0.2) is 30.3 Å². The maximum absolute atomic E-state index is 10.6. The second-order valence-corrected chi connectivity index (χ2v) is 4.46. The summed E-state index contributed by atoms with van der Waals surface area (Å²) in [5.41, 5.74) is 3.61. The van der Waals surface area contributed by atoms with Crippen molar-refractivity contribution >= 4 is 5.97 Å². The number of aryl methyl sites for hydroxylation is 2. The van der Waals surface area contributed by atoms with Gasteiger partial charge in [0.2, 0.25) is 0 Å². The summed E-state index contributed by atoms with van der Waals surface area (Å²) in [7, 11) is 0. The molecule has 0 spiro atoms. The Bertz CT molecular complexity index is 571. The lowest BCUT2D eigenvalue weighted by molar-refractivity contribution is -0.136. The van der Waals surface area contributed by atoms with Crippen LogP contribution < -0.4 is 0 Å². The van der Waals surface area contributed by atoms with E-state index in [0.29, 0.717) is 12.2 Å². The van der Waals surface area contributed by atoms with Crippen LogP contribution in [0.25, 0.3) is 11.4 Å². The molecule has 1 aromatic heterocycles. The van der Waals surface area contributed by atoms with E-state index >= 15 is 0 Å². The average Bonchev–Trinajstić information content (AvgIpc) is 2.38. The van der Waals surface area contributed by atoms with Crippen LogP contribution in [0.1, 0.15) is 23.4 Å². The zero-order chi connectivity index (χ0) is 13.8. The Balaban J connectivity index is 2.34. The lowest BCUT2D eigenvalue weighted by atomic mass is 10.1. The van der Waals surface area contributed by atoms with Gasteiger partial charge in [-0.3, -0.25) is 4.79 Å². The number of aromatic nitrogens is 2. The van der Waals surface area contributed by atoms with E-state index in [9.17, 15) is 4.79 Å². The number of carbonyl (C=O) groups is 1. The van der Waals surface area contributed by atoms with E-state index in [1.165, 1.54) is 0 Å². The van der Waals surface area contributed by atoms with Gasteiger partial charge in [-0.15, -0.1) is 0 Å². The van der Waals surface area contributed by atoms with E-state index in [0.717, 1.165) is 22.5 Å². The normalized spacial score (nSPS) is 10.4. The number of hydrogen-bond donors (Lipinski definition) is 1. The summed E-state index contributed by atoms with van der Waals surface area (Å²) < 4.78 is 0. The highest BCUT2D eigenvalue weighted by Crippen LogP contribution is 2.19. The number of rotatable bonds is 4. The van der Waals surface area contributed by atoms with Crippen LogP contribution in [-0.2, 0) is 11.2 Å². The van der Waals surface area contributed by atoms with Crippen molar-refractivity contribution in [2.75, 3.05) is 0 Å². The summed E-state index contributed by atoms with van der Waals surface area (Å²) >= 11 is 0. The Kier molecular flexibility index (Phi) is 3.90. The maximum atomic E-state index is 10.6.